The normalized spacial score (nSPS) is 12.6. The molecule has 0 amide bonds. The van der Waals surface area contributed by atoms with Crippen LogP contribution in [0.4, 0.5) is 0 Å². The van der Waals surface area contributed by atoms with Crippen LogP contribution in [0.2, 0.25) is 0 Å². The second-order valence-corrected chi connectivity index (χ2v) is 5.61. The Morgan fingerprint density at radius 1 is 0.682 bits per heavy atom. The number of aromatic nitrogens is 1. The highest BCUT2D eigenvalue weighted by molar-refractivity contribution is 6.31. The van der Waals surface area contributed by atoms with Gasteiger partial charge in [-0.25, -0.2) is 0 Å². The molecule has 0 saturated carbocycles. The third-order valence-electron chi connectivity index (χ3n) is 4.44. The molecule has 0 radical (unpaired) electrons. The molecule has 2 heteroatoms. The van der Waals surface area contributed by atoms with Gasteiger partial charge in [0.25, 0.3) is 0 Å². The zero-order valence-electron chi connectivity index (χ0n) is 11.7. The van der Waals surface area contributed by atoms with E-state index in [1.807, 2.05) is 60.8 Å². The summed E-state index contributed by atoms with van der Waals surface area (Å²) in [6.07, 6.45) is 1.85. The van der Waals surface area contributed by atoms with Crippen molar-refractivity contribution in [2.24, 2.45) is 0 Å². The Balaban J connectivity index is 1.96. The van der Waals surface area contributed by atoms with Crippen LogP contribution in [0.1, 0.15) is 15.9 Å². The number of hydrogen-bond acceptors (Lipinski definition) is 2. The molecular formula is C20H11NO. The third-order valence-corrected chi connectivity index (χ3v) is 4.44. The Kier molecular flexibility index (Phi) is 2.12. The van der Waals surface area contributed by atoms with Gasteiger partial charge in [-0.15, -0.1) is 0 Å². The summed E-state index contributed by atoms with van der Waals surface area (Å²) in [5.74, 6) is 0.0890. The summed E-state index contributed by atoms with van der Waals surface area (Å²) in [7, 11) is 0. The monoisotopic (exact) mass is 281 g/mol. The van der Waals surface area contributed by atoms with Gasteiger partial charge in [0.2, 0.25) is 0 Å². The van der Waals surface area contributed by atoms with E-state index in [1.165, 1.54) is 0 Å². The molecule has 1 aliphatic carbocycles. The molecule has 1 aliphatic rings. The highest BCUT2D eigenvalue weighted by Gasteiger charge is 2.31. The molecule has 4 aromatic rings. The fourth-order valence-corrected chi connectivity index (χ4v) is 3.44. The predicted octanol–water partition coefficient (Wildman–Crippen LogP) is 4.60. The van der Waals surface area contributed by atoms with Crippen LogP contribution in [-0.4, -0.2) is 10.8 Å². The van der Waals surface area contributed by atoms with E-state index in [0.29, 0.717) is 0 Å². The van der Waals surface area contributed by atoms with Crippen molar-refractivity contribution in [3.8, 4) is 11.3 Å². The maximum absolute atomic E-state index is 13.1. The van der Waals surface area contributed by atoms with Gasteiger partial charge in [0.15, 0.2) is 5.78 Å². The molecule has 2 nitrogen and oxygen atoms in total. The van der Waals surface area contributed by atoms with Crippen LogP contribution >= 0.6 is 0 Å². The molecule has 102 valence electrons. The second-order valence-electron chi connectivity index (χ2n) is 5.61. The Morgan fingerprint density at radius 2 is 1.36 bits per heavy atom. The highest BCUT2D eigenvalue weighted by Crippen LogP contribution is 2.41. The number of carbonyl (C=O) groups is 1. The first kappa shape index (κ1) is 11.6. The summed E-state index contributed by atoms with van der Waals surface area (Å²) in [5.41, 5.74) is 3.29. The number of pyridine rings is 1. The minimum atomic E-state index is 0.0890. The van der Waals surface area contributed by atoms with Crippen molar-refractivity contribution in [1.82, 2.24) is 4.98 Å². The molecule has 3 aromatic carbocycles. The number of rotatable bonds is 0. The Hall–Kier alpha value is -3.00. The summed E-state index contributed by atoms with van der Waals surface area (Å²) in [6.45, 7) is 0. The first-order valence-electron chi connectivity index (χ1n) is 7.29. The minimum absolute atomic E-state index is 0.0890. The zero-order chi connectivity index (χ0) is 14.7. The number of carbonyl (C=O) groups excluding carboxylic acids is 1. The first-order valence-corrected chi connectivity index (χ1v) is 7.29. The standard InChI is InChI=1S/C20H11NO/c22-20-17-14-7-3-1-5-12(14)9-10-16(17)19-18(20)15-8-4-2-6-13(15)11-21-19/h1-11H. The topological polar surface area (TPSA) is 30.0 Å². The largest absolute Gasteiger partial charge is 0.288 e. The van der Waals surface area contributed by atoms with Gasteiger partial charge >= 0.3 is 0 Å². The average Bonchev–Trinajstić information content (AvgIpc) is 2.88. The third kappa shape index (κ3) is 1.34. The van der Waals surface area contributed by atoms with Gasteiger partial charge in [-0.3, -0.25) is 9.78 Å². The second kappa shape index (κ2) is 4.01. The summed E-state index contributed by atoms with van der Waals surface area (Å²) in [4.78, 5) is 17.6. The van der Waals surface area contributed by atoms with E-state index in [2.05, 4.69) is 11.1 Å². The van der Waals surface area contributed by atoms with Gasteiger partial charge in [-0.05, 0) is 16.2 Å². The molecule has 0 spiro atoms. The summed E-state index contributed by atoms with van der Waals surface area (Å²) < 4.78 is 0. The van der Waals surface area contributed by atoms with E-state index < -0.39 is 0 Å². The van der Waals surface area contributed by atoms with Crippen molar-refractivity contribution in [2.75, 3.05) is 0 Å². The molecule has 22 heavy (non-hydrogen) atoms. The number of benzene rings is 3. The minimum Gasteiger partial charge on any atom is -0.288 e. The lowest BCUT2D eigenvalue weighted by atomic mass is 9.99. The number of ketones is 1. The van der Waals surface area contributed by atoms with E-state index in [9.17, 15) is 4.79 Å². The molecular weight excluding hydrogens is 270 g/mol. The molecule has 0 N–H and O–H groups in total. The average molecular weight is 281 g/mol. The molecule has 0 atom stereocenters. The Labute approximate surface area is 127 Å². The number of fused-ring (bicyclic) bond motifs is 7. The molecule has 0 fully saturated rings. The van der Waals surface area contributed by atoms with E-state index in [1.54, 1.807) is 0 Å². The summed E-state index contributed by atoms with van der Waals surface area (Å²) >= 11 is 0. The van der Waals surface area contributed by atoms with Gasteiger partial charge < -0.3 is 0 Å². The lowest BCUT2D eigenvalue weighted by Crippen LogP contribution is -1.98. The van der Waals surface area contributed by atoms with Gasteiger partial charge in [0.1, 0.15) is 0 Å². The Bertz CT molecular complexity index is 1010. The van der Waals surface area contributed by atoms with Crippen molar-refractivity contribution < 1.29 is 4.79 Å². The van der Waals surface area contributed by atoms with Crippen molar-refractivity contribution in [3.63, 3.8) is 0 Å². The van der Waals surface area contributed by atoms with Crippen LogP contribution in [0.15, 0.2) is 66.9 Å². The van der Waals surface area contributed by atoms with E-state index >= 15 is 0 Å². The van der Waals surface area contributed by atoms with Crippen molar-refractivity contribution >= 4 is 27.3 Å². The molecule has 1 heterocycles. The summed E-state index contributed by atoms with van der Waals surface area (Å²) in [6, 6.07) is 20.0. The Morgan fingerprint density at radius 3 is 2.18 bits per heavy atom. The SMILES string of the molecule is O=C1c2c(ccc3ccccc23)-c2ncc3ccccc3c21. The maximum atomic E-state index is 13.1. The van der Waals surface area contributed by atoms with Gasteiger partial charge in [0.05, 0.1) is 11.3 Å². The van der Waals surface area contributed by atoms with Crippen LogP contribution in [0, 0.1) is 0 Å². The maximum Gasteiger partial charge on any atom is 0.197 e. The highest BCUT2D eigenvalue weighted by atomic mass is 16.1. The van der Waals surface area contributed by atoms with Crippen molar-refractivity contribution in [3.05, 3.63) is 78.0 Å². The van der Waals surface area contributed by atoms with Crippen LogP contribution in [0.3, 0.4) is 0 Å². The van der Waals surface area contributed by atoms with E-state index in [4.69, 9.17) is 0 Å². The van der Waals surface area contributed by atoms with Gasteiger partial charge in [0, 0.05) is 22.7 Å². The van der Waals surface area contributed by atoms with Crippen LogP contribution in [0.5, 0.6) is 0 Å². The molecule has 1 aromatic heterocycles. The molecule has 5 rings (SSSR count). The molecule has 0 aliphatic heterocycles. The lowest BCUT2D eigenvalue weighted by molar-refractivity contribution is 0.104. The fraction of sp³-hybridized carbons (Fsp3) is 0. The predicted molar refractivity (Wildman–Crippen MR) is 88.1 cm³/mol. The van der Waals surface area contributed by atoms with Gasteiger partial charge in [-0.2, -0.15) is 0 Å². The lowest BCUT2D eigenvalue weighted by Gasteiger charge is -2.03. The van der Waals surface area contributed by atoms with Crippen LogP contribution in [-0.2, 0) is 0 Å². The zero-order valence-corrected chi connectivity index (χ0v) is 11.7. The quantitative estimate of drug-likeness (QED) is 0.415. The number of nitrogens with zero attached hydrogens (tertiary/aromatic N) is 1. The van der Waals surface area contributed by atoms with Gasteiger partial charge in [-0.1, -0.05) is 60.7 Å². The van der Waals surface area contributed by atoms with Crippen molar-refractivity contribution in [1.29, 1.82) is 0 Å². The molecule has 0 saturated heterocycles. The number of hydrogen-bond donors (Lipinski definition) is 0. The summed E-state index contributed by atoms with van der Waals surface area (Å²) in [5, 5.41) is 4.09. The van der Waals surface area contributed by atoms with E-state index in [-0.39, 0.29) is 5.78 Å². The smallest absolute Gasteiger partial charge is 0.197 e. The molecule has 0 unspecified atom stereocenters. The van der Waals surface area contributed by atoms with Crippen molar-refractivity contribution in [2.45, 2.75) is 0 Å². The first-order chi connectivity index (χ1) is 10.8. The van der Waals surface area contributed by atoms with E-state index in [0.717, 1.165) is 43.9 Å². The van der Waals surface area contributed by atoms with Crippen LogP contribution < -0.4 is 0 Å². The molecule has 0 bridgehead atoms. The van der Waals surface area contributed by atoms with Crippen LogP contribution in [0.25, 0.3) is 32.8 Å². The fourth-order valence-electron chi connectivity index (χ4n) is 3.44.